The van der Waals surface area contributed by atoms with E-state index >= 15 is 0 Å². The third kappa shape index (κ3) is 8.05. The van der Waals surface area contributed by atoms with E-state index in [0.717, 1.165) is 18.3 Å². The van der Waals surface area contributed by atoms with Crippen molar-refractivity contribution in [2.24, 2.45) is 0 Å². The molecule has 0 spiro atoms. The van der Waals surface area contributed by atoms with Gasteiger partial charge in [0.15, 0.2) is 0 Å². The summed E-state index contributed by atoms with van der Waals surface area (Å²) in [5.41, 5.74) is 0.0554. The smallest absolute Gasteiger partial charge is 0.447 e. The molecule has 1 fully saturated rings. The summed E-state index contributed by atoms with van der Waals surface area (Å²) in [6.45, 7) is -0.861. The Balaban J connectivity index is 1.42. The number of halogens is 6. The van der Waals surface area contributed by atoms with Crippen LogP contribution in [0.15, 0.2) is 22.7 Å². The van der Waals surface area contributed by atoms with Crippen molar-refractivity contribution in [3.8, 4) is 12.0 Å². The quantitative estimate of drug-likeness (QED) is 0.429. The summed E-state index contributed by atoms with van der Waals surface area (Å²) in [6.07, 6.45) is -8.01. The lowest BCUT2D eigenvalue weighted by molar-refractivity contribution is -0.325. The molecule has 1 amide bonds. The molecule has 3 heterocycles. The molecule has 2 aromatic heterocycles. The molecule has 2 aromatic rings. The Bertz CT molecular complexity index is 912. The summed E-state index contributed by atoms with van der Waals surface area (Å²) < 4.78 is 89.5. The highest BCUT2D eigenvalue weighted by Crippen LogP contribution is 2.25. The van der Waals surface area contributed by atoms with Crippen molar-refractivity contribution in [1.29, 1.82) is 0 Å². The van der Waals surface area contributed by atoms with Crippen LogP contribution in [0, 0.1) is 0 Å². The zero-order valence-electron chi connectivity index (χ0n) is 16.6. The first-order valence-corrected chi connectivity index (χ1v) is 9.41. The van der Waals surface area contributed by atoms with Gasteiger partial charge in [-0.1, -0.05) is 5.10 Å². The fourth-order valence-corrected chi connectivity index (χ4v) is 2.86. The average Bonchev–Trinajstić information content (AvgIpc) is 3.19. The number of nitrogens with zero attached hydrogens (tertiary/aromatic N) is 3. The van der Waals surface area contributed by atoms with Crippen LogP contribution in [0.2, 0.25) is 0 Å². The van der Waals surface area contributed by atoms with E-state index in [1.807, 2.05) is 0 Å². The summed E-state index contributed by atoms with van der Waals surface area (Å²) in [4.78, 5) is 15.7. The number of piperidine rings is 1. The fourth-order valence-electron chi connectivity index (χ4n) is 2.86. The first-order valence-electron chi connectivity index (χ1n) is 9.41. The van der Waals surface area contributed by atoms with E-state index in [9.17, 15) is 31.1 Å². The highest BCUT2D eigenvalue weighted by Gasteiger charge is 2.32. The van der Waals surface area contributed by atoms with Crippen molar-refractivity contribution < 1.29 is 49.8 Å². The second-order valence-electron chi connectivity index (χ2n) is 6.69. The van der Waals surface area contributed by atoms with Gasteiger partial charge < -0.3 is 24.5 Å². The van der Waals surface area contributed by atoms with Crippen LogP contribution in [0.5, 0.6) is 12.0 Å². The van der Waals surface area contributed by atoms with Crippen molar-refractivity contribution in [1.82, 2.24) is 25.8 Å². The Hall–Kier alpha value is -3.14. The van der Waals surface area contributed by atoms with E-state index in [0.29, 0.717) is 19.4 Å². The molecule has 0 unspecified atom stereocenters. The number of amides is 1. The molecule has 1 aliphatic rings. The minimum Gasteiger partial charge on any atom is -0.447 e. The largest absolute Gasteiger partial charge is 0.574 e. The lowest BCUT2D eigenvalue weighted by Gasteiger charge is -2.28. The van der Waals surface area contributed by atoms with Gasteiger partial charge in [0.05, 0.1) is 18.2 Å². The molecule has 0 aromatic carbocycles. The van der Waals surface area contributed by atoms with Crippen LogP contribution in [0.25, 0.3) is 0 Å². The van der Waals surface area contributed by atoms with Gasteiger partial charge in [0.25, 0.3) is 5.91 Å². The van der Waals surface area contributed by atoms with E-state index in [4.69, 9.17) is 9.15 Å². The minimum atomic E-state index is -4.88. The Kier molecular flexibility index (Phi) is 7.57. The van der Waals surface area contributed by atoms with E-state index in [2.05, 4.69) is 35.3 Å². The highest BCUT2D eigenvalue weighted by molar-refractivity contribution is 5.94. The number of hydrogen-bond acceptors (Lipinski definition) is 9. The van der Waals surface area contributed by atoms with E-state index in [1.165, 1.54) is 0 Å². The Morgan fingerprint density at radius 2 is 1.91 bits per heavy atom. The summed E-state index contributed by atoms with van der Waals surface area (Å²) in [5, 5.41) is 13.2. The van der Waals surface area contributed by atoms with Gasteiger partial charge in [0, 0.05) is 24.8 Å². The molecular formula is C17H17F6N5O5. The Morgan fingerprint density at radius 1 is 1.12 bits per heavy atom. The molecule has 1 aliphatic heterocycles. The molecule has 3 rings (SSSR count). The number of carbonyl (C=O) groups excluding carboxylic acids is 1. The van der Waals surface area contributed by atoms with Crippen LogP contribution in [-0.2, 0) is 4.74 Å². The molecule has 0 aliphatic carbocycles. The first kappa shape index (κ1) is 24.5. The number of aromatic nitrogens is 3. The van der Waals surface area contributed by atoms with Crippen LogP contribution in [-0.4, -0.2) is 59.6 Å². The van der Waals surface area contributed by atoms with Crippen molar-refractivity contribution in [2.75, 3.05) is 19.8 Å². The number of nitrogens with one attached hydrogen (secondary N) is 2. The molecule has 2 N–H and O–H groups in total. The van der Waals surface area contributed by atoms with E-state index in [-0.39, 0.29) is 29.6 Å². The van der Waals surface area contributed by atoms with Gasteiger partial charge in [-0.25, -0.2) is 4.98 Å². The number of pyridine rings is 1. The maximum absolute atomic E-state index is 12.3. The summed E-state index contributed by atoms with van der Waals surface area (Å²) in [5.74, 6) is -1.05. The van der Waals surface area contributed by atoms with Crippen molar-refractivity contribution in [2.45, 2.75) is 37.7 Å². The lowest BCUT2D eigenvalue weighted by Crippen LogP contribution is -2.46. The third-order valence-corrected chi connectivity index (χ3v) is 4.26. The van der Waals surface area contributed by atoms with Crippen molar-refractivity contribution >= 4 is 5.91 Å². The molecule has 33 heavy (non-hydrogen) atoms. The van der Waals surface area contributed by atoms with Gasteiger partial charge in [0.2, 0.25) is 11.8 Å². The van der Waals surface area contributed by atoms with Crippen molar-refractivity contribution in [3.05, 3.63) is 29.8 Å². The van der Waals surface area contributed by atoms with E-state index < -0.39 is 37.7 Å². The molecule has 0 bridgehead atoms. The average molecular weight is 485 g/mol. The van der Waals surface area contributed by atoms with Gasteiger partial charge in [-0.15, -0.1) is 31.4 Å². The van der Waals surface area contributed by atoms with Crippen molar-refractivity contribution in [3.63, 3.8) is 0 Å². The molecule has 2 atom stereocenters. The SMILES string of the molecule is O=C(N[C@H]1CC[C@H](c2nnc(OCCOC(F)(F)F)o2)NC1)c1ccc(OC(F)(F)F)nc1. The van der Waals surface area contributed by atoms with Crippen LogP contribution < -0.4 is 20.1 Å². The molecule has 16 heteroatoms. The van der Waals surface area contributed by atoms with Gasteiger partial charge in [-0.3, -0.25) is 9.53 Å². The molecule has 182 valence electrons. The second kappa shape index (κ2) is 10.2. The van der Waals surface area contributed by atoms with Gasteiger partial charge in [0.1, 0.15) is 6.61 Å². The minimum absolute atomic E-state index is 0.0554. The molecule has 1 saturated heterocycles. The van der Waals surface area contributed by atoms with Gasteiger partial charge in [-0.05, 0) is 18.9 Å². The number of carbonyl (C=O) groups is 1. The normalized spacial score (nSPS) is 19.2. The molecule has 0 radical (unpaired) electrons. The molecular weight excluding hydrogens is 468 g/mol. The zero-order valence-corrected chi connectivity index (χ0v) is 16.6. The zero-order chi connectivity index (χ0) is 24.1. The van der Waals surface area contributed by atoms with Crippen LogP contribution in [0.3, 0.4) is 0 Å². The topological polar surface area (TPSA) is 121 Å². The first-order chi connectivity index (χ1) is 15.5. The number of ether oxygens (including phenoxy) is 3. The van der Waals surface area contributed by atoms with Crippen LogP contribution in [0.1, 0.15) is 35.1 Å². The maximum atomic E-state index is 12.3. The fraction of sp³-hybridized carbons (Fsp3) is 0.529. The van der Waals surface area contributed by atoms with E-state index in [1.54, 1.807) is 0 Å². The van der Waals surface area contributed by atoms with Crippen LogP contribution >= 0.6 is 0 Å². The summed E-state index contributed by atoms with van der Waals surface area (Å²) >= 11 is 0. The van der Waals surface area contributed by atoms with Gasteiger partial charge >= 0.3 is 18.8 Å². The second-order valence-corrected chi connectivity index (χ2v) is 6.69. The number of rotatable bonds is 8. The predicted octanol–water partition coefficient (Wildman–Crippen LogP) is 2.50. The van der Waals surface area contributed by atoms with Crippen LogP contribution in [0.4, 0.5) is 26.3 Å². The summed E-state index contributed by atoms with van der Waals surface area (Å²) in [7, 11) is 0. The monoisotopic (exact) mass is 485 g/mol. The molecule has 10 nitrogen and oxygen atoms in total. The summed E-state index contributed by atoms with van der Waals surface area (Å²) in [6, 6.07) is 1.43. The molecule has 0 saturated carbocycles. The lowest BCUT2D eigenvalue weighted by atomic mass is 10.0. The standard InChI is InChI=1S/C17H17F6N5O5/c18-16(19,20)31-6-5-30-15-28-27-14(32-15)11-3-2-10(8-24-11)26-13(29)9-1-4-12(25-7-9)33-17(21,22)23/h1,4,7,10-11,24H,2-3,5-6,8H2,(H,26,29)/t10-,11+/m0/s1. The number of hydrogen-bond donors (Lipinski definition) is 2. The maximum Gasteiger partial charge on any atom is 0.574 e. The van der Waals surface area contributed by atoms with Gasteiger partial charge in [-0.2, -0.15) is 0 Å². The predicted molar refractivity (Wildman–Crippen MR) is 94.0 cm³/mol. The Labute approximate surface area is 181 Å². The Morgan fingerprint density at radius 3 is 2.52 bits per heavy atom. The third-order valence-electron chi connectivity index (χ3n) is 4.26. The number of alkyl halides is 6. The highest BCUT2D eigenvalue weighted by atomic mass is 19.4.